The van der Waals surface area contributed by atoms with Crippen molar-refractivity contribution in [1.82, 2.24) is 10.2 Å². The maximum Gasteiger partial charge on any atom is 0.325 e. The average molecular weight is 380 g/mol. The van der Waals surface area contributed by atoms with Crippen LogP contribution in [0.3, 0.4) is 0 Å². The summed E-state index contributed by atoms with van der Waals surface area (Å²) in [4.78, 5) is 26.8. The quantitative estimate of drug-likeness (QED) is 0.761. The zero-order valence-corrected chi connectivity index (χ0v) is 16.6. The van der Waals surface area contributed by atoms with Crippen molar-refractivity contribution in [3.05, 3.63) is 65.2 Å². The largest absolute Gasteiger partial charge is 0.326 e. The number of nitrogens with zero attached hydrogens (tertiary/aromatic N) is 1. The SMILES string of the molecule is Cc1ccc(NC(=O)NC(=O)C(C)N2C[C@@H](N)[C@H](c3ccccc3)C2)c(C)c1. The second-order valence-corrected chi connectivity index (χ2v) is 7.57. The molecule has 0 spiro atoms. The number of anilines is 1. The average Bonchev–Trinajstić information content (AvgIpc) is 3.05. The molecule has 6 nitrogen and oxygen atoms in total. The summed E-state index contributed by atoms with van der Waals surface area (Å²) in [5, 5.41) is 5.19. The third-order valence-corrected chi connectivity index (χ3v) is 5.42. The lowest BCUT2D eigenvalue weighted by Gasteiger charge is -2.23. The molecule has 2 aromatic rings. The molecule has 0 bridgehead atoms. The summed E-state index contributed by atoms with van der Waals surface area (Å²) >= 11 is 0. The number of benzene rings is 2. The van der Waals surface area contributed by atoms with E-state index in [0.29, 0.717) is 18.8 Å². The van der Waals surface area contributed by atoms with E-state index < -0.39 is 12.1 Å². The molecule has 3 amide bonds. The van der Waals surface area contributed by atoms with E-state index >= 15 is 0 Å². The van der Waals surface area contributed by atoms with Gasteiger partial charge in [-0.25, -0.2) is 4.79 Å². The molecule has 1 saturated heterocycles. The number of carbonyl (C=O) groups excluding carboxylic acids is 2. The molecule has 3 rings (SSSR count). The normalized spacial score (nSPS) is 20.6. The number of urea groups is 1. The Bertz CT molecular complexity index is 853. The minimum Gasteiger partial charge on any atom is -0.326 e. The van der Waals surface area contributed by atoms with Gasteiger partial charge in [-0.2, -0.15) is 0 Å². The molecule has 1 aliphatic rings. The lowest BCUT2D eigenvalue weighted by molar-refractivity contribution is -0.124. The molecule has 28 heavy (non-hydrogen) atoms. The van der Waals surface area contributed by atoms with E-state index in [1.165, 1.54) is 5.56 Å². The number of likely N-dealkylation sites (tertiary alicyclic amines) is 1. The molecule has 1 fully saturated rings. The Labute approximate surface area is 166 Å². The molecule has 3 atom stereocenters. The summed E-state index contributed by atoms with van der Waals surface area (Å²) in [6.45, 7) is 7.03. The number of amides is 3. The number of nitrogens with one attached hydrogen (secondary N) is 2. The fourth-order valence-electron chi connectivity index (χ4n) is 3.72. The van der Waals surface area contributed by atoms with Gasteiger partial charge in [-0.1, -0.05) is 48.0 Å². The van der Waals surface area contributed by atoms with Crippen LogP contribution in [0.4, 0.5) is 10.5 Å². The highest BCUT2D eigenvalue weighted by Gasteiger charge is 2.36. The molecule has 1 heterocycles. The van der Waals surface area contributed by atoms with Crippen LogP contribution in [0.25, 0.3) is 0 Å². The van der Waals surface area contributed by atoms with Crippen molar-refractivity contribution >= 4 is 17.6 Å². The van der Waals surface area contributed by atoms with E-state index in [2.05, 4.69) is 22.8 Å². The van der Waals surface area contributed by atoms with E-state index in [9.17, 15) is 9.59 Å². The maximum atomic E-state index is 12.6. The van der Waals surface area contributed by atoms with Gasteiger partial charge in [0, 0.05) is 30.7 Å². The zero-order chi connectivity index (χ0) is 20.3. The first-order valence-electron chi connectivity index (χ1n) is 9.59. The first-order valence-corrected chi connectivity index (χ1v) is 9.59. The number of hydrogen-bond acceptors (Lipinski definition) is 4. The summed E-state index contributed by atoms with van der Waals surface area (Å²) in [6.07, 6.45) is 0. The summed E-state index contributed by atoms with van der Waals surface area (Å²) in [7, 11) is 0. The van der Waals surface area contributed by atoms with Gasteiger partial charge in [0.05, 0.1) is 6.04 Å². The standard InChI is InChI=1S/C22H28N4O2/c1-14-9-10-20(15(2)11-14)24-22(28)25-21(27)16(3)26-12-18(19(23)13-26)17-7-5-4-6-8-17/h4-11,16,18-19H,12-13,23H2,1-3H3,(H2,24,25,27,28)/t16?,18-,19+/m0/s1. The molecule has 1 unspecified atom stereocenters. The molecule has 2 aromatic carbocycles. The maximum absolute atomic E-state index is 12.6. The lowest BCUT2D eigenvalue weighted by atomic mass is 9.95. The van der Waals surface area contributed by atoms with E-state index in [1.54, 1.807) is 6.92 Å². The van der Waals surface area contributed by atoms with Crippen LogP contribution >= 0.6 is 0 Å². The fourth-order valence-corrected chi connectivity index (χ4v) is 3.72. The van der Waals surface area contributed by atoms with Crippen molar-refractivity contribution in [1.29, 1.82) is 0 Å². The van der Waals surface area contributed by atoms with Crippen molar-refractivity contribution < 1.29 is 9.59 Å². The first-order chi connectivity index (χ1) is 13.3. The summed E-state index contributed by atoms with van der Waals surface area (Å²) in [5.74, 6) is -0.149. The van der Waals surface area contributed by atoms with Crippen LogP contribution in [0.15, 0.2) is 48.5 Å². The molecule has 0 saturated carbocycles. The lowest BCUT2D eigenvalue weighted by Crippen LogP contribution is -2.47. The number of aryl methyl sites for hydroxylation is 2. The molecule has 0 aromatic heterocycles. The van der Waals surface area contributed by atoms with Crippen LogP contribution < -0.4 is 16.4 Å². The minimum absolute atomic E-state index is 0.0401. The Hall–Kier alpha value is -2.70. The number of hydrogen-bond donors (Lipinski definition) is 3. The van der Waals surface area contributed by atoms with Crippen LogP contribution in [0.1, 0.15) is 29.5 Å². The van der Waals surface area contributed by atoms with Crippen molar-refractivity contribution in [2.45, 2.75) is 38.8 Å². The second-order valence-electron chi connectivity index (χ2n) is 7.57. The van der Waals surface area contributed by atoms with Crippen LogP contribution in [-0.4, -0.2) is 42.0 Å². The number of carbonyl (C=O) groups is 2. The highest BCUT2D eigenvalue weighted by atomic mass is 16.2. The van der Waals surface area contributed by atoms with Gasteiger partial charge in [0.25, 0.3) is 0 Å². The molecule has 4 N–H and O–H groups in total. The van der Waals surface area contributed by atoms with Crippen LogP contribution in [0.2, 0.25) is 0 Å². The molecular weight excluding hydrogens is 352 g/mol. The zero-order valence-electron chi connectivity index (χ0n) is 16.6. The number of imide groups is 1. The van der Waals surface area contributed by atoms with Gasteiger partial charge in [0.2, 0.25) is 5.91 Å². The topological polar surface area (TPSA) is 87.5 Å². The Balaban J connectivity index is 1.57. The van der Waals surface area contributed by atoms with Gasteiger partial charge in [-0.15, -0.1) is 0 Å². The monoisotopic (exact) mass is 380 g/mol. The highest BCUT2D eigenvalue weighted by Crippen LogP contribution is 2.27. The van der Waals surface area contributed by atoms with Crippen LogP contribution in [0.5, 0.6) is 0 Å². The Morgan fingerprint density at radius 2 is 1.82 bits per heavy atom. The Morgan fingerprint density at radius 1 is 1.11 bits per heavy atom. The molecule has 0 radical (unpaired) electrons. The molecule has 6 heteroatoms. The van der Waals surface area contributed by atoms with Crippen molar-refractivity contribution in [3.8, 4) is 0 Å². The summed E-state index contributed by atoms with van der Waals surface area (Å²) in [6, 6.07) is 14.8. The minimum atomic E-state index is -0.521. The Morgan fingerprint density at radius 3 is 2.50 bits per heavy atom. The Kier molecular flexibility index (Phi) is 6.11. The fraction of sp³-hybridized carbons (Fsp3) is 0.364. The van der Waals surface area contributed by atoms with Crippen LogP contribution in [0, 0.1) is 13.8 Å². The van der Waals surface area contributed by atoms with Gasteiger partial charge < -0.3 is 11.1 Å². The van der Waals surface area contributed by atoms with Gasteiger partial charge in [0.1, 0.15) is 0 Å². The van der Waals surface area contributed by atoms with Crippen LogP contribution in [-0.2, 0) is 4.79 Å². The van der Waals surface area contributed by atoms with E-state index in [-0.39, 0.29) is 17.9 Å². The van der Waals surface area contributed by atoms with E-state index in [0.717, 1.165) is 11.1 Å². The third kappa shape index (κ3) is 4.58. The van der Waals surface area contributed by atoms with Crippen molar-refractivity contribution in [3.63, 3.8) is 0 Å². The van der Waals surface area contributed by atoms with E-state index in [4.69, 9.17) is 5.73 Å². The van der Waals surface area contributed by atoms with Gasteiger partial charge in [-0.05, 0) is 38.0 Å². The predicted molar refractivity (Wildman–Crippen MR) is 111 cm³/mol. The summed E-state index contributed by atoms with van der Waals surface area (Å²) < 4.78 is 0. The third-order valence-electron chi connectivity index (χ3n) is 5.42. The highest BCUT2D eigenvalue weighted by molar-refractivity contribution is 6.03. The van der Waals surface area contributed by atoms with Crippen molar-refractivity contribution in [2.24, 2.45) is 5.73 Å². The molecule has 1 aliphatic heterocycles. The smallest absolute Gasteiger partial charge is 0.325 e. The molecule has 0 aliphatic carbocycles. The van der Waals surface area contributed by atoms with Crippen molar-refractivity contribution in [2.75, 3.05) is 18.4 Å². The first kappa shape index (κ1) is 20.0. The molecular formula is C22H28N4O2. The number of rotatable bonds is 4. The molecule has 148 valence electrons. The second kappa shape index (κ2) is 8.54. The summed E-state index contributed by atoms with van der Waals surface area (Å²) in [5.41, 5.74) is 10.3. The van der Waals surface area contributed by atoms with E-state index in [1.807, 2.05) is 55.1 Å². The number of nitrogens with two attached hydrogens (primary N) is 1. The van der Waals surface area contributed by atoms with Gasteiger partial charge >= 0.3 is 6.03 Å². The predicted octanol–water partition coefficient (Wildman–Crippen LogP) is 2.77. The van der Waals surface area contributed by atoms with Gasteiger partial charge in [0.15, 0.2) is 0 Å². The van der Waals surface area contributed by atoms with Gasteiger partial charge in [-0.3, -0.25) is 15.0 Å².